The van der Waals surface area contributed by atoms with Crippen molar-refractivity contribution in [2.45, 2.75) is 37.8 Å². The van der Waals surface area contributed by atoms with Crippen LogP contribution in [0.2, 0.25) is 5.02 Å². The minimum absolute atomic E-state index is 0.138. The van der Waals surface area contributed by atoms with E-state index in [-0.39, 0.29) is 17.3 Å². The highest BCUT2D eigenvalue weighted by Crippen LogP contribution is 2.30. The molecule has 0 spiro atoms. The SMILES string of the molecule is Cc1ccc(S(=O)(=O)N2Cc3ccccc3C[C@@H]2C(=O)Nc2ccc(C)c(Cl)c2)cc1. The van der Waals surface area contributed by atoms with Crippen molar-refractivity contribution in [3.8, 4) is 0 Å². The standard InChI is InChI=1S/C24H23ClN2O3S/c1-16-7-11-21(12-8-16)31(29,30)27-15-19-6-4-3-5-18(19)13-23(27)24(28)26-20-10-9-17(2)22(25)14-20/h3-12,14,23H,13,15H2,1-2H3,(H,26,28)/t23-/m1/s1. The van der Waals surface area contributed by atoms with Crippen LogP contribution in [-0.4, -0.2) is 24.7 Å². The molecule has 0 radical (unpaired) electrons. The van der Waals surface area contributed by atoms with Crippen molar-refractivity contribution in [2.24, 2.45) is 0 Å². The van der Waals surface area contributed by atoms with Gasteiger partial charge < -0.3 is 5.32 Å². The van der Waals surface area contributed by atoms with Crippen LogP contribution in [0.1, 0.15) is 22.3 Å². The molecule has 0 fully saturated rings. The molecule has 3 aromatic rings. The fourth-order valence-corrected chi connectivity index (χ4v) is 5.46. The van der Waals surface area contributed by atoms with Gasteiger partial charge in [0.1, 0.15) is 6.04 Å². The summed E-state index contributed by atoms with van der Waals surface area (Å²) in [5.41, 5.74) is 4.27. The van der Waals surface area contributed by atoms with Gasteiger partial charge >= 0.3 is 0 Å². The Bertz CT molecular complexity index is 1240. The van der Waals surface area contributed by atoms with Gasteiger partial charge in [0.25, 0.3) is 0 Å². The molecule has 0 saturated heterocycles. The number of nitrogens with zero attached hydrogens (tertiary/aromatic N) is 1. The molecule has 1 aliphatic heterocycles. The van der Waals surface area contributed by atoms with Gasteiger partial charge in [0, 0.05) is 17.3 Å². The summed E-state index contributed by atoms with van der Waals surface area (Å²) in [4.78, 5) is 13.4. The molecule has 1 aliphatic rings. The fourth-order valence-electron chi connectivity index (χ4n) is 3.72. The van der Waals surface area contributed by atoms with Gasteiger partial charge in [-0.3, -0.25) is 4.79 Å². The van der Waals surface area contributed by atoms with Gasteiger partial charge in [-0.2, -0.15) is 4.31 Å². The van der Waals surface area contributed by atoms with Gasteiger partial charge in [-0.1, -0.05) is 59.6 Å². The fraction of sp³-hybridized carbons (Fsp3) is 0.208. The van der Waals surface area contributed by atoms with Crippen LogP contribution in [0.3, 0.4) is 0 Å². The third-order valence-electron chi connectivity index (χ3n) is 5.58. The van der Waals surface area contributed by atoms with E-state index >= 15 is 0 Å². The summed E-state index contributed by atoms with van der Waals surface area (Å²) in [6.45, 7) is 3.91. The zero-order chi connectivity index (χ0) is 22.2. The molecule has 5 nitrogen and oxygen atoms in total. The normalized spacial score (nSPS) is 16.5. The Hall–Kier alpha value is -2.67. The van der Waals surface area contributed by atoms with Gasteiger partial charge in [0.05, 0.1) is 4.90 Å². The zero-order valence-electron chi connectivity index (χ0n) is 17.3. The highest BCUT2D eigenvalue weighted by molar-refractivity contribution is 7.89. The monoisotopic (exact) mass is 454 g/mol. The van der Waals surface area contributed by atoms with Crippen molar-refractivity contribution in [1.29, 1.82) is 0 Å². The molecule has 3 aromatic carbocycles. The van der Waals surface area contributed by atoms with Crippen molar-refractivity contribution in [3.63, 3.8) is 0 Å². The van der Waals surface area contributed by atoms with E-state index in [1.165, 1.54) is 4.31 Å². The number of carbonyl (C=O) groups is 1. The number of nitrogens with one attached hydrogen (secondary N) is 1. The Labute approximate surface area is 187 Å². The number of rotatable bonds is 4. The van der Waals surface area contributed by atoms with E-state index in [0.29, 0.717) is 17.1 Å². The maximum atomic E-state index is 13.5. The first kappa shape index (κ1) is 21.6. The largest absolute Gasteiger partial charge is 0.325 e. The van der Waals surface area contributed by atoms with E-state index in [9.17, 15) is 13.2 Å². The molecule has 0 saturated carbocycles. The van der Waals surface area contributed by atoms with Crippen molar-refractivity contribution >= 4 is 33.2 Å². The van der Waals surface area contributed by atoms with E-state index in [1.807, 2.05) is 44.2 Å². The van der Waals surface area contributed by atoms with Crippen LogP contribution in [-0.2, 0) is 27.8 Å². The molecular formula is C24H23ClN2O3S. The van der Waals surface area contributed by atoms with Gasteiger partial charge in [0.15, 0.2) is 0 Å². The number of hydrogen-bond donors (Lipinski definition) is 1. The lowest BCUT2D eigenvalue weighted by atomic mass is 9.95. The minimum Gasteiger partial charge on any atom is -0.325 e. The average Bonchev–Trinajstić information content (AvgIpc) is 2.75. The summed E-state index contributed by atoms with van der Waals surface area (Å²) < 4.78 is 28.3. The molecule has 7 heteroatoms. The lowest BCUT2D eigenvalue weighted by Gasteiger charge is -2.35. The Kier molecular flexibility index (Phi) is 5.88. The minimum atomic E-state index is -3.88. The first-order valence-corrected chi connectivity index (χ1v) is 11.8. The Morgan fingerprint density at radius 1 is 1.00 bits per heavy atom. The average molecular weight is 455 g/mol. The number of hydrogen-bond acceptors (Lipinski definition) is 3. The van der Waals surface area contributed by atoms with Crippen LogP contribution in [0.4, 0.5) is 5.69 Å². The number of amides is 1. The van der Waals surface area contributed by atoms with Gasteiger partial charge in [-0.05, 0) is 61.2 Å². The molecule has 1 atom stereocenters. The number of carbonyl (C=O) groups excluding carboxylic acids is 1. The molecule has 0 aliphatic carbocycles. The van der Waals surface area contributed by atoms with Crippen LogP contribution in [0.25, 0.3) is 0 Å². The predicted octanol–water partition coefficient (Wildman–Crippen LogP) is 4.71. The smallest absolute Gasteiger partial charge is 0.244 e. The quantitative estimate of drug-likeness (QED) is 0.620. The predicted molar refractivity (Wildman–Crippen MR) is 123 cm³/mol. The second-order valence-corrected chi connectivity index (χ2v) is 10.1. The van der Waals surface area contributed by atoms with Crippen LogP contribution in [0.15, 0.2) is 71.6 Å². The van der Waals surface area contributed by atoms with Crippen LogP contribution in [0, 0.1) is 13.8 Å². The molecule has 1 heterocycles. The summed E-state index contributed by atoms with van der Waals surface area (Å²) in [6.07, 6.45) is 0.298. The lowest BCUT2D eigenvalue weighted by Crippen LogP contribution is -2.50. The number of fused-ring (bicyclic) bond motifs is 1. The number of aryl methyl sites for hydroxylation is 2. The topological polar surface area (TPSA) is 66.5 Å². The van der Waals surface area contributed by atoms with E-state index in [0.717, 1.165) is 22.3 Å². The second kappa shape index (κ2) is 8.46. The van der Waals surface area contributed by atoms with Gasteiger partial charge in [-0.25, -0.2) is 8.42 Å². The third kappa shape index (κ3) is 4.37. The zero-order valence-corrected chi connectivity index (χ0v) is 18.9. The molecule has 4 rings (SSSR count). The van der Waals surface area contributed by atoms with Crippen molar-refractivity contribution < 1.29 is 13.2 Å². The molecule has 31 heavy (non-hydrogen) atoms. The number of halogens is 1. The molecule has 160 valence electrons. The molecular weight excluding hydrogens is 432 g/mol. The summed E-state index contributed by atoms with van der Waals surface area (Å²) in [5.74, 6) is -0.384. The Morgan fingerprint density at radius 3 is 2.35 bits per heavy atom. The van der Waals surface area contributed by atoms with Crippen molar-refractivity contribution in [3.05, 3.63) is 94.0 Å². The number of benzene rings is 3. The highest BCUT2D eigenvalue weighted by Gasteiger charge is 2.39. The molecule has 0 bridgehead atoms. The van der Waals surface area contributed by atoms with E-state index in [1.54, 1.807) is 36.4 Å². The number of sulfonamides is 1. The summed E-state index contributed by atoms with van der Waals surface area (Å²) in [7, 11) is -3.88. The van der Waals surface area contributed by atoms with E-state index < -0.39 is 16.1 Å². The molecule has 0 unspecified atom stereocenters. The van der Waals surface area contributed by atoms with Crippen LogP contribution in [0.5, 0.6) is 0 Å². The van der Waals surface area contributed by atoms with Crippen LogP contribution < -0.4 is 5.32 Å². The van der Waals surface area contributed by atoms with E-state index in [4.69, 9.17) is 11.6 Å². The number of anilines is 1. The lowest BCUT2D eigenvalue weighted by molar-refractivity contribution is -0.120. The highest BCUT2D eigenvalue weighted by atomic mass is 35.5. The first-order chi connectivity index (χ1) is 14.8. The molecule has 1 N–H and O–H groups in total. The summed E-state index contributed by atoms with van der Waals surface area (Å²) >= 11 is 6.19. The maximum Gasteiger partial charge on any atom is 0.244 e. The Balaban J connectivity index is 1.71. The van der Waals surface area contributed by atoms with Gasteiger partial charge in [0.2, 0.25) is 15.9 Å². The van der Waals surface area contributed by atoms with E-state index in [2.05, 4.69) is 5.32 Å². The van der Waals surface area contributed by atoms with Gasteiger partial charge in [-0.15, -0.1) is 0 Å². The summed E-state index contributed by atoms with van der Waals surface area (Å²) in [5, 5.41) is 3.38. The second-order valence-electron chi connectivity index (χ2n) is 7.81. The first-order valence-electron chi connectivity index (χ1n) is 9.98. The summed E-state index contributed by atoms with van der Waals surface area (Å²) in [6, 6.07) is 18.7. The maximum absolute atomic E-state index is 13.5. The molecule has 1 amide bonds. The molecule has 0 aromatic heterocycles. The third-order valence-corrected chi connectivity index (χ3v) is 7.85. The van der Waals surface area contributed by atoms with Crippen molar-refractivity contribution in [1.82, 2.24) is 4.31 Å². The van der Waals surface area contributed by atoms with Crippen LogP contribution >= 0.6 is 11.6 Å². The van der Waals surface area contributed by atoms with Crippen molar-refractivity contribution in [2.75, 3.05) is 5.32 Å². The Morgan fingerprint density at radius 2 is 1.68 bits per heavy atom.